The number of rotatable bonds is 8. The van der Waals surface area contributed by atoms with Crippen molar-refractivity contribution in [3.63, 3.8) is 0 Å². The quantitative estimate of drug-likeness (QED) is 0.777. The van der Waals surface area contributed by atoms with Gasteiger partial charge in [-0.05, 0) is 16.7 Å². The van der Waals surface area contributed by atoms with Crippen molar-refractivity contribution in [1.29, 1.82) is 0 Å². The van der Waals surface area contributed by atoms with Gasteiger partial charge in [0.25, 0.3) is 0 Å². The lowest BCUT2D eigenvalue weighted by Crippen LogP contribution is -2.49. The molecule has 0 bridgehead atoms. The fraction of sp³-hybridized carbons (Fsp3) is 0.409. The van der Waals surface area contributed by atoms with Crippen LogP contribution in [-0.4, -0.2) is 55.5 Å². The fourth-order valence-electron chi connectivity index (χ4n) is 3.43. The molecule has 3 rings (SSSR count). The first-order valence-corrected chi connectivity index (χ1v) is 9.55. The molecule has 5 heteroatoms. The maximum Gasteiger partial charge on any atom is 0.234 e. The van der Waals surface area contributed by atoms with Gasteiger partial charge in [0, 0.05) is 46.4 Å². The molecule has 0 radical (unpaired) electrons. The molecule has 5 nitrogen and oxygen atoms in total. The van der Waals surface area contributed by atoms with Gasteiger partial charge in [0.15, 0.2) is 0 Å². The molecule has 1 amide bonds. The van der Waals surface area contributed by atoms with Gasteiger partial charge in [0.2, 0.25) is 5.91 Å². The van der Waals surface area contributed by atoms with E-state index in [0.717, 1.165) is 43.9 Å². The number of amides is 1. The lowest BCUT2D eigenvalue weighted by atomic mass is 10.1. The minimum atomic E-state index is 0.0822. The molecule has 0 aliphatic carbocycles. The molecule has 2 aromatic carbocycles. The highest BCUT2D eigenvalue weighted by molar-refractivity contribution is 5.78. The first kappa shape index (κ1) is 19.5. The van der Waals surface area contributed by atoms with Crippen LogP contribution in [0.25, 0.3) is 0 Å². The highest BCUT2D eigenvalue weighted by Crippen LogP contribution is 2.10. The smallest absolute Gasteiger partial charge is 0.234 e. The van der Waals surface area contributed by atoms with Crippen molar-refractivity contribution < 1.29 is 9.53 Å². The Morgan fingerprint density at radius 3 is 2.26 bits per heavy atom. The molecule has 1 saturated heterocycles. The van der Waals surface area contributed by atoms with E-state index in [-0.39, 0.29) is 5.91 Å². The molecule has 144 valence electrons. The van der Waals surface area contributed by atoms with Crippen LogP contribution in [0.5, 0.6) is 0 Å². The van der Waals surface area contributed by atoms with Crippen LogP contribution < -0.4 is 5.32 Å². The second-order valence-electron chi connectivity index (χ2n) is 7.02. The Bertz CT molecular complexity index is 713. The largest absolute Gasteiger partial charge is 0.380 e. The SMILES string of the molecule is COCc1ccccc1CNC(=O)CN1CCN(Cc2ccccc2)CC1. The van der Waals surface area contributed by atoms with Crippen molar-refractivity contribution in [2.24, 2.45) is 0 Å². The Morgan fingerprint density at radius 1 is 0.926 bits per heavy atom. The van der Waals surface area contributed by atoms with Gasteiger partial charge in [-0.2, -0.15) is 0 Å². The number of benzene rings is 2. The van der Waals surface area contributed by atoms with E-state index in [2.05, 4.69) is 39.4 Å². The monoisotopic (exact) mass is 367 g/mol. The van der Waals surface area contributed by atoms with Crippen LogP contribution in [0.2, 0.25) is 0 Å². The maximum atomic E-state index is 12.3. The number of methoxy groups -OCH3 is 1. The summed E-state index contributed by atoms with van der Waals surface area (Å²) in [7, 11) is 1.69. The third kappa shape index (κ3) is 6.17. The molecule has 1 heterocycles. The topological polar surface area (TPSA) is 44.8 Å². The van der Waals surface area contributed by atoms with Crippen LogP contribution in [0.15, 0.2) is 54.6 Å². The van der Waals surface area contributed by atoms with Gasteiger partial charge in [0.05, 0.1) is 13.2 Å². The highest BCUT2D eigenvalue weighted by atomic mass is 16.5. The molecule has 1 fully saturated rings. The Hall–Kier alpha value is -2.21. The molecule has 1 aliphatic heterocycles. The van der Waals surface area contributed by atoms with Gasteiger partial charge in [-0.3, -0.25) is 14.6 Å². The molecule has 0 unspecified atom stereocenters. The molecule has 0 spiro atoms. The number of nitrogens with one attached hydrogen (secondary N) is 1. The molecule has 1 aliphatic rings. The molecular formula is C22H29N3O2. The second kappa shape index (κ2) is 10.2. The number of hydrogen-bond donors (Lipinski definition) is 1. The van der Waals surface area contributed by atoms with Crippen molar-refractivity contribution in [3.05, 3.63) is 71.3 Å². The lowest BCUT2D eigenvalue weighted by molar-refractivity contribution is -0.122. The van der Waals surface area contributed by atoms with Crippen molar-refractivity contribution >= 4 is 5.91 Å². The lowest BCUT2D eigenvalue weighted by Gasteiger charge is -2.34. The summed E-state index contributed by atoms with van der Waals surface area (Å²) in [6, 6.07) is 18.6. The summed E-state index contributed by atoms with van der Waals surface area (Å²) in [6.07, 6.45) is 0. The Balaban J connectivity index is 1.39. The van der Waals surface area contributed by atoms with Crippen molar-refractivity contribution in [2.75, 3.05) is 39.8 Å². The number of carbonyl (C=O) groups excluding carboxylic acids is 1. The van der Waals surface area contributed by atoms with Gasteiger partial charge in [-0.1, -0.05) is 54.6 Å². The number of hydrogen-bond acceptors (Lipinski definition) is 4. The average Bonchev–Trinajstić information content (AvgIpc) is 2.70. The van der Waals surface area contributed by atoms with Crippen LogP contribution in [0, 0.1) is 0 Å². The normalized spacial score (nSPS) is 15.6. The second-order valence-corrected chi connectivity index (χ2v) is 7.02. The van der Waals surface area contributed by atoms with E-state index in [1.807, 2.05) is 30.3 Å². The van der Waals surface area contributed by atoms with Crippen molar-refractivity contribution in [2.45, 2.75) is 19.7 Å². The van der Waals surface area contributed by atoms with E-state index >= 15 is 0 Å². The van der Waals surface area contributed by atoms with E-state index in [9.17, 15) is 4.79 Å². The van der Waals surface area contributed by atoms with Gasteiger partial charge in [-0.15, -0.1) is 0 Å². The molecule has 0 saturated carbocycles. The molecule has 2 aromatic rings. The van der Waals surface area contributed by atoms with Crippen molar-refractivity contribution in [1.82, 2.24) is 15.1 Å². The fourth-order valence-corrected chi connectivity index (χ4v) is 3.43. The number of piperazine rings is 1. The van der Waals surface area contributed by atoms with Crippen molar-refractivity contribution in [3.8, 4) is 0 Å². The highest BCUT2D eigenvalue weighted by Gasteiger charge is 2.19. The number of ether oxygens (including phenoxy) is 1. The average molecular weight is 367 g/mol. The molecule has 0 atom stereocenters. The van der Waals surface area contributed by atoms with Gasteiger partial charge in [0.1, 0.15) is 0 Å². The van der Waals surface area contributed by atoms with Crippen LogP contribution in [0.4, 0.5) is 0 Å². The summed E-state index contributed by atoms with van der Waals surface area (Å²) >= 11 is 0. The third-order valence-electron chi connectivity index (χ3n) is 4.98. The summed E-state index contributed by atoms with van der Waals surface area (Å²) in [5.41, 5.74) is 3.58. The standard InChI is InChI=1S/C22H29N3O2/c1-27-18-21-10-6-5-9-20(21)15-23-22(26)17-25-13-11-24(12-14-25)16-19-7-3-2-4-8-19/h2-10H,11-18H2,1H3,(H,23,26). The zero-order chi connectivity index (χ0) is 18.9. The zero-order valence-electron chi connectivity index (χ0n) is 16.1. The Labute approximate surface area is 161 Å². The van der Waals surface area contributed by atoms with Gasteiger partial charge >= 0.3 is 0 Å². The summed E-state index contributed by atoms with van der Waals surface area (Å²) in [4.78, 5) is 17.0. The summed E-state index contributed by atoms with van der Waals surface area (Å²) in [6.45, 7) is 6.42. The summed E-state index contributed by atoms with van der Waals surface area (Å²) in [5, 5.41) is 3.05. The minimum Gasteiger partial charge on any atom is -0.380 e. The van der Waals surface area contributed by atoms with Gasteiger partial charge in [-0.25, -0.2) is 0 Å². The molecular weight excluding hydrogens is 338 g/mol. The maximum absolute atomic E-state index is 12.3. The van der Waals surface area contributed by atoms with Crippen LogP contribution in [-0.2, 0) is 29.2 Å². The molecule has 27 heavy (non-hydrogen) atoms. The Morgan fingerprint density at radius 2 is 1.56 bits per heavy atom. The van der Waals surface area contributed by atoms with E-state index in [1.54, 1.807) is 7.11 Å². The minimum absolute atomic E-state index is 0.0822. The van der Waals surface area contributed by atoms with Crippen LogP contribution in [0.3, 0.4) is 0 Å². The molecule has 1 N–H and O–H groups in total. The van der Waals surface area contributed by atoms with Gasteiger partial charge < -0.3 is 10.1 Å². The predicted molar refractivity (Wildman–Crippen MR) is 107 cm³/mol. The number of carbonyl (C=O) groups is 1. The first-order chi connectivity index (χ1) is 13.2. The molecule has 0 aromatic heterocycles. The van der Waals surface area contributed by atoms with E-state index in [0.29, 0.717) is 19.7 Å². The third-order valence-corrected chi connectivity index (χ3v) is 4.98. The van der Waals surface area contributed by atoms with E-state index < -0.39 is 0 Å². The summed E-state index contributed by atoms with van der Waals surface area (Å²) in [5.74, 6) is 0.0822. The summed E-state index contributed by atoms with van der Waals surface area (Å²) < 4.78 is 5.22. The van der Waals surface area contributed by atoms with Crippen LogP contribution in [0.1, 0.15) is 16.7 Å². The number of nitrogens with zero attached hydrogens (tertiary/aromatic N) is 2. The Kier molecular flexibility index (Phi) is 7.39. The zero-order valence-corrected chi connectivity index (χ0v) is 16.1. The van der Waals surface area contributed by atoms with E-state index in [1.165, 1.54) is 5.56 Å². The predicted octanol–water partition coefficient (Wildman–Crippen LogP) is 2.27. The first-order valence-electron chi connectivity index (χ1n) is 9.55. The van der Waals surface area contributed by atoms with Crippen LogP contribution >= 0.6 is 0 Å². The van der Waals surface area contributed by atoms with E-state index in [4.69, 9.17) is 4.74 Å².